The summed E-state index contributed by atoms with van der Waals surface area (Å²) in [5.74, 6) is -0.0558. The number of ether oxygens (including phenoxy) is 3. The van der Waals surface area contributed by atoms with E-state index in [-0.39, 0.29) is 36.5 Å². The van der Waals surface area contributed by atoms with Crippen LogP contribution >= 0.6 is 0 Å². The van der Waals surface area contributed by atoms with E-state index in [1.54, 1.807) is 12.1 Å². The first-order valence-corrected chi connectivity index (χ1v) is 7.77. The van der Waals surface area contributed by atoms with Crippen LogP contribution in [-0.2, 0) is 20.9 Å². The van der Waals surface area contributed by atoms with Crippen molar-refractivity contribution in [1.29, 1.82) is 0 Å². The van der Waals surface area contributed by atoms with Crippen LogP contribution in [0.25, 0.3) is 0 Å². The summed E-state index contributed by atoms with van der Waals surface area (Å²) in [7, 11) is 1.39. The van der Waals surface area contributed by atoms with Crippen LogP contribution in [0.4, 0.5) is 5.69 Å². The Kier molecular flexibility index (Phi) is 7.16. The summed E-state index contributed by atoms with van der Waals surface area (Å²) in [6, 6.07) is 4.69. The van der Waals surface area contributed by atoms with E-state index in [1.807, 2.05) is 27.7 Å². The fraction of sp³-hybridized carbons (Fsp3) is 0.588. The van der Waals surface area contributed by atoms with E-state index in [0.29, 0.717) is 12.0 Å². The van der Waals surface area contributed by atoms with Gasteiger partial charge in [0.2, 0.25) is 0 Å². The van der Waals surface area contributed by atoms with Crippen LogP contribution in [0.1, 0.15) is 46.1 Å². The molecule has 7 heteroatoms. The van der Waals surface area contributed by atoms with Crippen molar-refractivity contribution in [3.8, 4) is 5.75 Å². The summed E-state index contributed by atoms with van der Waals surface area (Å²) in [5.41, 5.74) is 0.0788. The number of benzene rings is 1. The van der Waals surface area contributed by atoms with Gasteiger partial charge in [0.25, 0.3) is 0 Å². The van der Waals surface area contributed by atoms with Crippen LogP contribution in [0.5, 0.6) is 5.75 Å². The second-order valence-electron chi connectivity index (χ2n) is 6.51. The SMILES string of the molecule is COc1ccc(COC(C)CCC(=O)OC(C)(C)C)cc1[N+](=O)[O-]. The number of esters is 1. The minimum atomic E-state index is -0.497. The van der Waals surface area contributed by atoms with Gasteiger partial charge in [-0.15, -0.1) is 0 Å². The molecular weight excluding hydrogens is 314 g/mol. The van der Waals surface area contributed by atoms with Crippen molar-refractivity contribution in [3.05, 3.63) is 33.9 Å². The van der Waals surface area contributed by atoms with Gasteiger partial charge in [-0.2, -0.15) is 0 Å². The molecule has 0 spiro atoms. The van der Waals surface area contributed by atoms with Crippen LogP contribution in [-0.4, -0.2) is 29.7 Å². The number of rotatable bonds is 8. The van der Waals surface area contributed by atoms with Crippen molar-refractivity contribution in [2.24, 2.45) is 0 Å². The van der Waals surface area contributed by atoms with E-state index < -0.39 is 10.5 Å². The number of nitro benzene ring substituents is 1. The number of nitrogens with zero attached hydrogens (tertiary/aromatic N) is 1. The first kappa shape index (κ1) is 19.9. The smallest absolute Gasteiger partial charge is 0.311 e. The van der Waals surface area contributed by atoms with Crippen molar-refractivity contribution < 1.29 is 23.9 Å². The highest BCUT2D eigenvalue weighted by molar-refractivity contribution is 5.69. The predicted octanol–water partition coefficient (Wildman–Crippen LogP) is 3.63. The lowest BCUT2D eigenvalue weighted by atomic mass is 10.1. The van der Waals surface area contributed by atoms with Crippen LogP contribution < -0.4 is 4.74 Å². The van der Waals surface area contributed by atoms with E-state index in [4.69, 9.17) is 14.2 Å². The molecule has 0 aromatic heterocycles. The molecule has 1 unspecified atom stereocenters. The van der Waals surface area contributed by atoms with E-state index in [9.17, 15) is 14.9 Å². The van der Waals surface area contributed by atoms with Gasteiger partial charge in [-0.05, 0) is 45.7 Å². The van der Waals surface area contributed by atoms with Crippen molar-refractivity contribution in [2.45, 2.75) is 58.8 Å². The molecule has 0 radical (unpaired) electrons. The largest absolute Gasteiger partial charge is 0.490 e. The standard InChI is InChI=1S/C17H25NO6/c1-12(6-9-16(19)24-17(2,3)4)23-11-13-7-8-15(22-5)14(10-13)18(20)21/h7-8,10,12H,6,9,11H2,1-5H3. The van der Waals surface area contributed by atoms with Gasteiger partial charge in [0, 0.05) is 12.5 Å². The molecule has 7 nitrogen and oxygen atoms in total. The summed E-state index contributed by atoms with van der Waals surface area (Å²) >= 11 is 0. The number of hydrogen-bond donors (Lipinski definition) is 0. The molecule has 0 saturated carbocycles. The maximum Gasteiger partial charge on any atom is 0.311 e. The number of carbonyl (C=O) groups excluding carboxylic acids is 1. The van der Waals surface area contributed by atoms with Gasteiger partial charge in [0.1, 0.15) is 5.60 Å². The zero-order valence-electron chi connectivity index (χ0n) is 14.8. The second-order valence-corrected chi connectivity index (χ2v) is 6.51. The third-order valence-corrected chi connectivity index (χ3v) is 3.15. The Bertz CT molecular complexity index is 579. The van der Waals surface area contributed by atoms with Crippen LogP contribution in [0.2, 0.25) is 0 Å². The summed E-state index contributed by atoms with van der Waals surface area (Å²) < 4.78 is 15.8. The highest BCUT2D eigenvalue weighted by Gasteiger charge is 2.18. The van der Waals surface area contributed by atoms with E-state index in [2.05, 4.69) is 0 Å². The molecule has 0 aliphatic rings. The number of carbonyl (C=O) groups is 1. The van der Waals surface area contributed by atoms with E-state index >= 15 is 0 Å². The lowest BCUT2D eigenvalue weighted by molar-refractivity contribution is -0.385. The Balaban J connectivity index is 2.50. The molecule has 1 atom stereocenters. The van der Waals surface area contributed by atoms with Crippen molar-refractivity contribution in [2.75, 3.05) is 7.11 Å². The molecule has 0 N–H and O–H groups in total. The molecule has 0 fully saturated rings. The van der Waals surface area contributed by atoms with Crippen LogP contribution in [0.15, 0.2) is 18.2 Å². The second kappa shape index (κ2) is 8.63. The minimum Gasteiger partial charge on any atom is -0.490 e. The molecule has 1 rings (SSSR count). The quantitative estimate of drug-likeness (QED) is 0.408. The van der Waals surface area contributed by atoms with Gasteiger partial charge in [0.15, 0.2) is 5.75 Å². The Morgan fingerprint density at radius 2 is 2.00 bits per heavy atom. The third kappa shape index (κ3) is 6.95. The minimum absolute atomic E-state index is 0.0972. The Morgan fingerprint density at radius 1 is 1.33 bits per heavy atom. The fourth-order valence-corrected chi connectivity index (χ4v) is 2.00. The Morgan fingerprint density at radius 3 is 2.54 bits per heavy atom. The predicted molar refractivity (Wildman–Crippen MR) is 89.0 cm³/mol. The maximum absolute atomic E-state index is 11.7. The number of methoxy groups -OCH3 is 1. The molecule has 0 aliphatic carbocycles. The van der Waals surface area contributed by atoms with Gasteiger partial charge in [0.05, 0.1) is 24.7 Å². The highest BCUT2D eigenvalue weighted by atomic mass is 16.6. The van der Waals surface area contributed by atoms with Gasteiger partial charge in [-0.25, -0.2) is 0 Å². The first-order chi connectivity index (χ1) is 11.1. The topological polar surface area (TPSA) is 87.9 Å². The summed E-state index contributed by atoms with van der Waals surface area (Å²) in [4.78, 5) is 22.2. The molecular formula is C17H25NO6. The molecule has 1 aromatic rings. The fourth-order valence-electron chi connectivity index (χ4n) is 2.00. The van der Waals surface area contributed by atoms with Crippen LogP contribution in [0.3, 0.4) is 0 Å². The van der Waals surface area contributed by atoms with Gasteiger partial charge in [-0.3, -0.25) is 14.9 Å². The zero-order valence-corrected chi connectivity index (χ0v) is 14.8. The average Bonchev–Trinajstić information content (AvgIpc) is 2.48. The molecule has 0 amide bonds. The maximum atomic E-state index is 11.7. The van der Waals surface area contributed by atoms with Crippen molar-refractivity contribution >= 4 is 11.7 Å². The molecule has 0 heterocycles. The van der Waals surface area contributed by atoms with E-state index in [0.717, 1.165) is 0 Å². The molecule has 0 bridgehead atoms. The number of hydrogen-bond acceptors (Lipinski definition) is 6. The van der Waals surface area contributed by atoms with Gasteiger partial charge in [-0.1, -0.05) is 6.07 Å². The average molecular weight is 339 g/mol. The van der Waals surface area contributed by atoms with Crippen molar-refractivity contribution in [1.82, 2.24) is 0 Å². The molecule has 134 valence electrons. The van der Waals surface area contributed by atoms with Gasteiger partial charge >= 0.3 is 11.7 Å². The summed E-state index contributed by atoms with van der Waals surface area (Å²) in [6.07, 6.45) is 0.618. The van der Waals surface area contributed by atoms with Gasteiger partial charge < -0.3 is 14.2 Å². The Labute approximate surface area is 142 Å². The molecule has 24 heavy (non-hydrogen) atoms. The van der Waals surface area contributed by atoms with Crippen molar-refractivity contribution in [3.63, 3.8) is 0 Å². The molecule has 0 aliphatic heterocycles. The van der Waals surface area contributed by atoms with Crippen LogP contribution in [0, 0.1) is 10.1 Å². The third-order valence-electron chi connectivity index (χ3n) is 3.15. The lowest BCUT2D eigenvalue weighted by Gasteiger charge is -2.20. The van der Waals surface area contributed by atoms with E-state index in [1.165, 1.54) is 13.2 Å². The molecule has 0 saturated heterocycles. The first-order valence-electron chi connectivity index (χ1n) is 7.77. The Hall–Kier alpha value is -2.15. The summed E-state index contributed by atoms with van der Waals surface area (Å²) in [6.45, 7) is 7.53. The molecule has 1 aromatic carbocycles. The lowest BCUT2D eigenvalue weighted by Crippen LogP contribution is -2.24. The summed E-state index contributed by atoms with van der Waals surface area (Å²) in [5, 5.41) is 11.0. The number of nitro groups is 1. The zero-order chi connectivity index (χ0) is 18.3. The highest BCUT2D eigenvalue weighted by Crippen LogP contribution is 2.28. The monoisotopic (exact) mass is 339 g/mol. The normalized spacial score (nSPS) is 12.5.